The average molecular weight is 478 g/mol. The van der Waals surface area contributed by atoms with Gasteiger partial charge in [-0.15, -0.1) is 13.2 Å². The molecular formula is C19H17ClF4N4O4. The zero-order valence-corrected chi connectivity index (χ0v) is 16.9. The molecule has 1 saturated heterocycles. The van der Waals surface area contributed by atoms with Gasteiger partial charge in [-0.2, -0.15) is 0 Å². The summed E-state index contributed by atoms with van der Waals surface area (Å²) in [6.07, 6.45) is -1.27. The van der Waals surface area contributed by atoms with Crippen molar-refractivity contribution in [2.45, 2.75) is 30.5 Å². The molecule has 1 aromatic carbocycles. The number of hydrogen-bond acceptors (Lipinski definition) is 6. The highest BCUT2D eigenvalue weighted by atomic mass is 35.5. The third kappa shape index (κ3) is 6.04. The van der Waals surface area contributed by atoms with Gasteiger partial charge in [-0.1, -0.05) is 11.6 Å². The molecule has 1 unspecified atom stereocenters. The lowest BCUT2D eigenvalue weighted by Crippen LogP contribution is -2.48. The molecule has 1 N–H and O–H groups in total. The molecule has 1 aromatic heterocycles. The van der Waals surface area contributed by atoms with E-state index in [0.717, 1.165) is 43.0 Å². The van der Waals surface area contributed by atoms with Crippen LogP contribution in [0.15, 0.2) is 43.0 Å². The Morgan fingerprint density at radius 2 is 1.94 bits per heavy atom. The molecule has 0 bridgehead atoms. The summed E-state index contributed by atoms with van der Waals surface area (Å²) >= 11 is 5.36. The summed E-state index contributed by atoms with van der Waals surface area (Å²) in [4.78, 5) is 34.0. The van der Waals surface area contributed by atoms with Crippen molar-refractivity contribution in [3.05, 3.63) is 48.5 Å². The number of rotatable bonds is 7. The molecule has 1 aliphatic heterocycles. The Morgan fingerprint density at radius 3 is 2.47 bits per heavy atom. The summed E-state index contributed by atoms with van der Waals surface area (Å²) in [5.74, 6) is -3.18. The molecule has 2 heterocycles. The van der Waals surface area contributed by atoms with E-state index in [-0.39, 0.29) is 17.9 Å². The lowest BCUT2D eigenvalue weighted by molar-refractivity contribution is -0.274. The SMILES string of the molecule is [2H][C@](C(=O)NC1CCOC1)(c1cncnc1)N(C(=O)[C@H](F)Cl)c1ccc(OC(F)(F)F)cc1. The molecule has 0 radical (unpaired) electrons. The number of alkyl halides is 5. The molecule has 3 rings (SSSR count). The standard InChI is InChI=1S/C19H17ClF4N4O4/c20-16(21)18(30)28(13-1-3-14(4-2-13)32-19(22,23)24)15(11-7-25-10-26-8-11)17(29)27-12-5-6-31-9-12/h1-4,7-8,10,12,15-16H,5-6,9H2,(H,27,29)/t12?,15-,16+/m1/s1/i15D. The van der Waals surface area contributed by atoms with Crippen molar-refractivity contribution < 1.29 is 38.0 Å². The van der Waals surface area contributed by atoms with Crippen LogP contribution < -0.4 is 15.0 Å². The van der Waals surface area contributed by atoms with Gasteiger partial charge < -0.3 is 14.8 Å². The van der Waals surface area contributed by atoms with Gasteiger partial charge in [-0.05, 0) is 30.7 Å². The smallest absolute Gasteiger partial charge is 0.406 e. The zero-order chi connectivity index (χ0) is 24.2. The Morgan fingerprint density at radius 1 is 1.28 bits per heavy atom. The van der Waals surface area contributed by atoms with Gasteiger partial charge in [0.15, 0.2) is 0 Å². The van der Waals surface area contributed by atoms with Gasteiger partial charge in [-0.25, -0.2) is 14.4 Å². The third-order valence-electron chi connectivity index (χ3n) is 4.27. The second-order valence-corrected chi connectivity index (χ2v) is 6.91. The normalized spacial score (nSPS) is 19.4. The van der Waals surface area contributed by atoms with E-state index >= 15 is 0 Å². The van der Waals surface area contributed by atoms with Crippen LogP contribution in [0.2, 0.25) is 0 Å². The van der Waals surface area contributed by atoms with Crippen LogP contribution in [0.3, 0.4) is 0 Å². The summed E-state index contributed by atoms with van der Waals surface area (Å²) in [5, 5.41) is 2.56. The second kappa shape index (κ2) is 10.1. The Bertz CT molecular complexity index is 978. The number of nitrogens with one attached hydrogen (secondary N) is 1. The van der Waals surface area contributed by atoms with Crippen molar-refractivity contribution in [1.29, 1.82) is 0 Å². The number of nitrogens with zero attached hydrogens (tertiary/aromatic N) is 3. The fourth-order valence-corrected chi connectivity index (χ4v) is 3.04. The van der Waals surface area contributed by atoms with Crippen molar-refractivity contribution >= 4 is 29.1 Å². The van der Waals surface area contributed by atoms with Crippen LogP contribution in [0.4, 0.5) is 23.2 Å². The van der Waals surface area contributed by atoms with Gasteiger partial charge in [0.25, 0.3) is 11.5 Å². The van der Waals surface area contributed by atoms with Crippen LogP contribution in [0, 0.1) is 0 Å². The molecule has 2 amide bonds. The first-order chi connectivity index (χ1) is 15.5. The van der Waals surface area contributed by atoms with Crippen molar-refractivity contribution in [3.63, 3.8) is 0 Å². The second-order valence-electron chi connectivity index (χ2n) is 6.53. The summed E-state index contributed by atoms with van der Waals surface area (Å²) in [6, 6.07) is 0.439. The first-order valence-electron chi connectivity index (χ1n) is 9.64. The summed E-state index contributed by atoms with van der Waals surface area (Å²) < 4.78 is 69.4. The van der Waals surface area contributed by atoms with Gasteiger partial charge in [0.05, 0.1) is 14.0 Å². The van der Waals surface area contributed by atoms with Crippen molar-refractivity contribution in [3.8, 4) is 5.75 Å². The van der Waals surface area contributed by atoms with E-state index in [2.05, 4.69) is 20.0 Å². The summed E-state index contributed by atoms with van der Waals surface area (Å²) in [6.45, 7) is 0.522. The minimum atomic E-state index is -4.97. The van der Waals surface area contributed by atoms with E-state index in [0.29, 0.717) is 17.9 Å². The maximum atomic E-state index is 14.0. The lowest BCUT2D eigenvalue weighted by atomic mass is 10.1. The van der Waals surface area contributed by atoms with E-state index in [4.69, 9.17) is 17.7 Å². The van der Waals surface area contributed by atoms with E-state index < -0.39 is 41.6 Å². The maximum absolute atomic E-state index is 14.0. The fourth-order valence-electron chi connectivity index (χ4n) is 2.95. The Kier molecular flexibility index (Phi) is 7.00. The number of halogens is 5. The minimum Gasteiger partial charge on any atom is -0.406 e. The molecule has 13 heteroatoms. The molecular weight excluding hydrogens is 460 g/mol. The van der Waals surface area contributed by atoms with Gasteiger partial charge in [0.2, 0.25) is 5.91 Å². The largest absolute Gasteiger partial charge is 0.573 e. The lowest BCUT2D eigenvalue weighted by Gasteiger charge is -2.32. The number of benzene rings is 1. The highest BCUT2D eigenvalue weighted by Gasteiger charge is 2.37. The Balaban J connectivity index is 2.08. The van der Waals surface area contributed by atoms with Crippen LogP contribution in [0.25, 0.3) is 0 Å². The fraction of sp³-hybridized carbons (Fsp3) is 0.368. The predicted octanol–water partition coefficient (Wildman–Crippen LogP) is 2.89. The van der Waals surface area contributed by atoms with E-state index in [1.165, 1.54) is 0 Å². The van der Waals surface area contributed by atoms with Crippen molar-refractivity contribution in [2.75, 3.05) is 18.1 Å². The predicted molar refractivity (Wildman–Crippen MR) is 103 cm³/mol. The first-order valence-corrected chi connectivity index (χ1v) is 9.58. The number of aromatic nitrogens is 2. The maximum Gasteiger partial charge on any atom is 0.573 e. The number of ether oxygens (including phenoxy) is 2. The molecule has 172 valence electrons. The molecule has 1 aliphatic rings. The molecule has 2 aromatic rings. The van der Waals surface area contributed by atoms with E-state index in [1.807, 2.05) is 0 Å². The number of carbonyl (C=O) groups is 2. The van der Waals surface area contributed by atoms with Gasteiger partial charge >= 0.3 is 6.36 Å². The first kappa shape index (κ1) is 22.2. The number of amides is 2. The van der Waals surface area contributed by atoms with Gasteiger partial charge in [0, 0.05) is 30.3 Å². The Hall–Kier alpha value is -2.99. The molecule has 0 aliphatic carbocycles. The molecule has 0 saturated carbocycles. The van der Waals surface area contributed by atoms with Gasteiger partial charge in [0.1, 0.15) is 18.1 Å². The zero-order valence-electron chi connectivity index (χ0n) is 17.2. The summed E-state index contributed by atoms with van der Waals surface area (Å²) in [7, 11) is 0. The van der Waals surface area contributed by atoms with E-state index in [1.54, 1.807) is 0 Å². The van der Waals surface area contributed by atoms with E-state index in [9.17, 15) is 27.2 Å². The van der Waals surface area contributed by atoms with Crippen LogP contribution in [0.5, 0.6) is 5.75 Å². The van der Waals surface area contributed by atoms with Crippen LogP contribution in [-0.2, 0) is 14.3 Å². The quantitative estimate of drug-likeness (QED) is 0.487. The van der Waals surface area contributed by atoms with Crippen LogP contribution in [-0.4, -0.2) is 53.0 Å². The molecule has 1 fully saturated rings. The highest BCUT2D eigenvalue weighted by Crippen LogP contribution is 2.32. The van der Waals surface area contributed by atoms with Crippen molar-refractivity contribution in [1.82, 2.24) is 15.3 Å². The Labute approximate surface area is 185 Å². The minimum absolute atomic E-state index is 0.159. The number of anilines is 1. The van der Waals surface area contributed by atoms with Crippen molar-refractivity contribution in [2.24, 2.45) is 0 Å². The van der Waals surface area contributed by atoms with Crippen LogP contribution in [0.1, 0.15) is 19.4 Å². The molecule has 8 nitrogen and oxygen atoms in total. The third-order valence-corrected chi connectivity index (χ3v) is 4.46. The average Bonchev–Trinajstić information content (AvgIpc) is 3.27. The topological polar surface area (TPSA) is 93.6 Å². The number of carbonyl (C=O) groups excluding carboxylic acids is 2. The molecule has 32 heavy (non-hydrogen) atoms. The summed E-state index contributed by atoms with van der Waals surface area (Å²) in [5.41, 5.74) is -3.19. The monoisotopic (exact) mass is 477 g/mol. The molecule has 3 atom stereocenters. The highest BCUT2D eigenvalue weighted by molar-refractivity contribution is 6.32. The molecule has 0 spiro atoms. The number of hydrogen-bond donors (Lipinski definition) is 1. The van der Waals surface area contributed by atoms with Gasteiger partial charge in [-0.3, -0.25) is 14.5 Å². The van der Waals surface area contributed by atoms with Crippen LogP contribution >= 0.6 is 11.6 Å².